The van der Waals surface area contributed by atoms with Crippen LogP contribution in [0.15, 0.2) is 10.9 Å². The zero-order valence-electron chi connectivity index (χ0n) is 10.9. The third-order valence-corrected chi connectivity index (χ3v) is 3.34. The first-order chi connectivity index (χ1) is 8.99. The summed E-state index contributed by atoms with van der Waals surface area (Å²) in [6.45, 7) is 4.06. The van der Waals surface area contributed by atoms with E-state index in [-0.39, 0.29) is 12.5 Å². The topological polar surface area (TPSA) is 77.0 Å². The number of aromatic nitrogens is 4. The van der Waals surface area contributed by atoms with Gasteiger partial charge in [0.1, 0.15) is 6.54 Å². The van der Waals surface area contributed by atoms with Crippen LogP contribution >= 0.6 is 11.6 Å². The normalized spacial score (nSPS) is 10.7. The number of aryl methyl sites for hydroxylation is 1. The monoisotopic (exact) mass is 283 g/mol. The second-order valence-corrected chi connectivity index (χ2v) is 4.62. The molecule has 0 bridgehead atoms. The molecule has 19 heavy (non-hydrogen) atoms. The van der Waals surface area contributed by atoms with Crippen molar-refractivity contribution in [3.63, 3.8) is 0 Å². The number of likely N-dealkylation sites (N-methyl/N-ethyl adjacent to an activating group) is 1. The van der Waals surface area contributed by atoms with Crippen LogP contribution < -0.4 is 0 Å². The van der Waals surface area contributed by atoms with E-state index in [1.165, 1.54) is 11.3 Å². The molecule has 8 heteroatoms. The zero-order valence-corrected chi connectivity index (χ0v) is 11.7. The Morgan fingerprint density at radius 3 is 2.79 bits per heavy atom. The molecule has 0 aliphatic heterocycles. The van der Waals surface area contributed by atoms with Crippen LogP contribution in [0.3, 0.4) is 0 Å². The molecule has 0 atom stereocenters. The number of nitrogens with zero attached hydrogens (tertiary/aromatic N) is 5. The van der Waals surface area contributed by atoms with Gasteiger partial charge in [0.2, 0.25) is 12.3 Å². The van der Waals surface area contributed by atoms with Gasteiger partial charge in [-0.05, 0) is 13.8 Å². The van der Waals surface area contributed by atoms with Gasteiger partial charge in [-0.2, -0.15) is 10.1 Å². The highest BCUT2D eigenvalue weighted by Gasteiger charge is 2.16. The smallest absolute Gasteiger partial charge is 0.244 e. The van der Waals surface area contributed by atoms with Gasteiger partial charge < -0.3 is 9.42 Å². The van der Waals surface area contributed by atoms with Crippen molar-refractivity contribution in [2.24, 2.45) is 0 Å². The van der Waals surface area contributed by atoms with Crippen molar-refractivity contribution in [2.75, 3.05) is 7.05 Å². The Kier molecular flexibility index (Phi) is 3.84. The highest BCUT2D eigenvalue weighted by atomic mass is 35.5. The van der Waals surface area contributed by atoms with Crippen molar-refractivity contribution in [2.45, 2.75) is 26.9 Å². The molecule has 102 valence electrons. The summed E-state index contributed by atoms with van der Waals surface area (Å²) in [5.41, 5.74) is 1.49. The lowest BCUT2D eigenvalue weighted by Crippen LogP contribution is -2.30. The minimum Gasteiger partial charge on any atom is -0.343 e. The molecule has 0 radical (unpaired) electrons. The minimum atomic E-state index is -0.105. The van der Waals surface area contributed by atoms with Crippen molar-refractivity contribution in [1.82, 2.24) is 24.8 Å². The van der Waals surface area contributed by atoms with Gasteiger partial charge in [-0.25, -0.2) is 0 Å². The number of amides is 1. The first-order valence-corrected chi connectivity index (χ1v) is 6.05. The maximum atomic E-state index is 12.0. The second-order valence-electron chi connectivity index (χ2n) is 4.24. The van der Waals surface area contributed by atoms with Crippen molar-refractivity contribution < 1.29 is 9.32 Å². The Labute approximate surface area is 115 Å². The highest BCUT2D eigenvalue weighted by Crippen LogP contribution is 2.18. The minimum absolute atomic E-state index is 0.105. The molecule has 0 spiro atoms. The maximum Gasteiger partial charge on any atom is 0.244 e. The van der Waals surface area contributed by atoms with E-state index in [1.807, 2.05) is 6.92 Å². The van der Waals surface area contributed by atoms with Gasteiger partial charge in [0.15, 0.2) is 5.82 Å². The summed E-state index contributed by atoms with van der Waals surface area (Å²) in [6.07, 6.45) is 1.23. The molecule has 1 amide bonds. The molecule has 2 heterocycles. The molecule has 0 saturated heterocycles. The van der Waals surface area contributed by atoms with E-state index in [9.17, 15) is 4.79 Å². The summed E-state index contributed by atoms with van der Waals surface area (Å²) >= 11 is 6.04. The second kappa shape index (κ2) is 5.40. The van der Waals surface area contributed by atoms with Gasteiger partial charge in [0.25, 0.3) is 0 Å². The van der Waals surface area contributed by atoms with Crippen molar-refractivity contribution in [3.05, 3.63) is 28.6 Å². The molecule has 0 aromatic carbocycles. The predicted octanol–water partition coefficient (Wildman–Crippen LogP) is 1.19. The van der Waals surface area contributed by atoms with E-state index >= 15 is 0 Å². The summed E-state index contributed by atoms with van der Waals surface area (Å²) in [6, 6.07) is 0. The van der Waals surface area contributed by atoms with Crippen LogP contribution in [0.5, 0.6) is 0 Å². The van der Waals surface area contributed by atoms with Crippen LogP contribution in [0.2, 0.25) is 5.02 Å². The van der Waals surface area contributed by atoms with Crippen molar-refractivity contribution in [1.29, 1.82) is 0 Å². The van der Waals surface area contributed by atoms with Crippen LogP contribution in [0, 0.1) is 13.8 Å². The largest absolute Gasteiger partial charge is 0.343 e. The van der Waals surface area contributed by atoms with E-state index in [4.69, 9.17) is 11.6 Å². The molecule has 2 aromatic rings. The fourth-order valence-electron chi connectivity index (χ4n) is 1.64. The average molecular weight is 284 g/mol. The lowest BCUT2D eigenvalue weighted by atomic mass is 10.4. The molecule has 2 rings (SSSR count). The van der Waals surface area contributed by atoms with Gasteiger partial charge in [0.05, 0.1) is 23.0 Å². The zero-order chi connectivity index (χ0) is 14.0. The van der Waals surface area contributed by atoms with Crippen LogP contribution in [0.25, 0.3) is 0 Å². The lowest BCUT2D eigenvalue weighted by molar-refractivity contribution is -0.131. The quantitative estimate of drug-likeness (QED) is 0.842. The summed E-state index contributed by atoms with van der Waals surface area (Å²) in [5.74, 6) is 0.356. The van der Waals surface area contributed by atoms with Crippen LogP contribution in [-0.4, -0.2) is 37.8 Å². The number of hydrogen-bond donors (Lipinski definition) is 0. The first kappa shape index (κ1) is 13.5. The Morgan fingerprint density at radius 1 is 1.53 bits per heavy atom. The van der Waals surface area contributed by atoms with Gasteiger partial charge >= 0.3 is 0 Å². The number of rotatable bonds is 4. The van der Waals surface area contributed by atoms with E-state index in [2.05, 4.69) is 19.8 Å². The van der Waals surface area contributed by atoms with Gasteiger partial charge in [-0.3, -0.25) is 9.48 Å². The molecule has 0 unspecified atom stereocenters. The standard InChI is InChI=1S/C11H14ClN5O2/c1-7-11(12)8(2)17(14-7)5-10(18)16(3)4-9-13-6-19-15-9/h6H,4-5H2,1-3H3. The lowest BCUT2D eigenvalue weighted by Gasteiger charge is -2.15. The van der Waals surface area contributed by atoms with Crippen LogP contribution in [0.4, 0.5) is 0 Å². The third kappa shape index (κ3) is 2.93. The van der Waals surface area contributed by atoms with Crippen molar-refractivity contribution >= 4 is 17.5 Å². The van der Waals surface area contributed by atoms with E-state index in [0.29, 0.717) is 23.1 Å². The van der Waals surface area contributed by atoms with Gasteiger partial charge in [0, 0.05) is 7.05 Å². The molecule has 0 N–H and O–H groups in total. The van der Waals surface area contributed by atoms with Crippen molar-refractivity contribution in [3.8, 4) is 0 Å². The van der Waals surface area contributed by atoms with E-state index in [0.717, 1.165) is 5.69 Å². The third-order valence-electron chi connectivity index (χ3n) is 2.79. The molecule has 0 aliphatic rings. The highest BCUT2D eigenvalue weighted by molar-refractivity contribution is 6.31. The fourth-order valence-corrected chi connectivity index (χ4v) is 1.78. The number of hydrogen-bond acceptors (Lipinski definition) is 5. The molecular formula is C11H14ClN5O2. The molecule has 0 fully saturated rings. The first-order valence-electron chi connectivity index (χ1n) is 5.67. The fraction of sp³-hybridized carbons (Fsp3) is 0.455. The molecule has 2 aromatic heterocycles. The Morgan fingerprint density at radius 2 is 2.26 bits per heavy atom. The Bertz CT molecular complexity index is 578. The van der Waals surface area contributed by atoms with E-state index < -0.39 is 0 Å². The SMILES string of the molecule is Cc1nn(CC(=O)N(C)Cc2ncon2)c(C)c1Cl. The van der Waals surface area contributed by atoms with Gasteiger partial charge in [-0.15, -0.1) is 0 Å². The summed E-state index contributed by atoms with van der Waals surface area (Å²) in [4.78, 5) is 17.4. The summed E-state index contributed by atoms with van der Waals surface area (Å²) in [5, 5.41) is 8.47. The van der Waals surface area contributed by atoms with Gasteiger partial charge in [-0.1, -0.05) is 16.8 Å². The number of carbonyl (C=O) groups excluding carboxylic acids is 1. The molecule has 0 saturated carbocycles. The molecular weight excluding hydrogens is 270 g/mol. The average Bonchev–Trinajstić information content (AvgIpc) is 2.95. The Balaban J connectivity index is 2.02. The molecule has 0 aliphatic carbocycles. The number of halogens is 1. The van der Waals surface area contributed by atoms with Crippen LogP contribution in [-0.2, 0) is 17.9 Å². The number of carbonyl (C=O) groups is 1. The summed E-state index contributed by atoms with van der Waals surface area (Å²) < 4.78 is 6.21. The van der Waals surface area contributed by atoms with E-state index in [1.54, 1.807) is 18.7 Å². The Hall–Kier alpha value is -1.89. The molecule has 7 nitrogen and oxygen atoms in total. The maximum absolute atomic E-state index is 12.0. The predicted molar refractivity (Wildman–Crippen MR) is 67.5 cm³/mol. The summed E-state index contributed by atoms with van der Waals surface area (Å²) in [7, 11) is 1.67. The van der Waals surface area contributed by atoms with Crippen LogP contribution in [0.1, 0.15) is 17.2 Å².